The van der Waals surface area contributed by atoms with E-state index >= 15 is 0 Å². The van der Waals surface area contributed by atoms with Crippen LogP contribution in [0.15, 0.2) is 82.6 Å². The minimum absolute atomic E-state index is 0.0365. The van der Waals surface area contributed by atoms with Gasteiger partial charge in [0, 0.05) is 5.56 Å². The Balaban J connectivity index is 2.08. The lowest BCUT2D eigenvalue weighted by atomic mass is 10.1. The molecule has 0 aliphatic rings. The average Bonchev–Trinajstić information content (AvgIpc) is 2.77. The molecule has 0 heterocycles. The third kappa shape index (κ3) is 5.07. The van der Waals surface area contributed by atoms with Crippen molar-refractivity contribution in [3.05, 3.63) is 89.5 Å². The van der Waals surface area contributed by atoms with Crippen molar-refractivity contribution in [1.29, 1.82) is 0 Å². The predicted molar refractivity (Wildman–Crippen MR) is 119 cm³/mol. The molecule has 3 aromatic carbocycles. The second-order valence-electron chi connectivity index (χ2n) is 7.15. The van der Waals surface area contributed by atoms with Crippen molar-refractivity contribution in [3.8, 4) is 5.75 Å². The fraction of sp³-hybridized carbons (Fsp3) is 0.174. The highest BCUT2D eigenvalue weighted by Gasteiger charge is 2.40. The number of carbonyl (C=O) groups is 1. The summed E-state index contributed by atoms with van der Waals surface area (Å²) in [7, 11) is -7.64. The zero-order valence-corrected chi connectivity index (χ0v) is 19.3. The number of sulfone groups is 1. The Morgan fingerprint density at radius 1 is 0.719 bits per heavy atom. The van der Waals surface area contributed by atoms with Gasteiger partial charge in [0.25, 0.3) is 10.1 Å². The molecule has 0 aromatic heterocycles. The van der Waals surface area contributed by atoms with Crippen molar-refractivity contribution in [2.45, 2.75) is 29.1 Å². The smallest absolute Gasteiger partial charge is 0.298 e. The fourth-order valence-electron chi connectivity index (χ4n) is 2.85. The number of hydrogen-bond donors (Lipinski definition) is 0. The number of Topliss-reactive ketones (excluding diaryl/α,β-unsaturated/α-hetero) is 1. The van der Waals surface area contributed by atoms with Crippen LogP contribution in [0.4, 0.5) is 0 Å². The lowest BCUT2D eigenvalue weighted by molar-refractivity contribution is 0.0887. The lowest BCUT2D eigenvalue weighted by Crippen LogP contribution is -2.35. The number of ether oxygens (including phenoxy) is 1. The Morgan fingerprint density at radius 2 is 1.19 bits per heavy atom. The molecular weight excluding hydrogens is 452 g/mol. The quantitative estimate of drug-likeness (QED) is 0.362. The van der Waals surface area contributed by atoms with Crippen LogP contribution in [-0.2, 0) is 24.1 Å². The summed E-state index contributed by atoms with van der Waals surface area (Å²) in [4.78, 5) is 12.7. The minimum Gasteiger partial charge on any atom is -0.497 e. The van der Waals surface area contributed by atoms with Gasteiger partial charge < -0.3 is 4.74 Å². The van der Waals surface area contributed by atoms with Gasteiger partial charge in [0.05, 0.1) is 16.9 Å². The molecule has 0 spiro atoms. The van der Waals surface area contributed by atoms with Gasteiger partial charge in [-0.05, 0) is 62.4 Å². The molecule has 32 heavy (non-hydrogen) atoms. The molecule has 0 aliphatic heterocycles. The SMILES string of the molecule is COc1ccc(C(=O)C(OS(=O)(=O)c2ccc(C)cc2)S(=O)(=O)c2ccc(C)cc2)cc1. The van der Waals surface area contributed by atoms with E-state index in [0.29, 0.717) is 5.75 Å². The monoisotopic (exact) mass is 474 g/mol. The fourth-order valence-corrected chi connectivity index (χ4v) is 5.66. The van der Waals surface area contributed by atoms with Gasteiger partial charge >= 0.3 is 0 Å². The van der Waals surface area contributed by atoms with Crippen LogP contribution in [0.5, 0.6) is 5.75 Å². The topological polar surface area (TPSA) is 104 Å². The van der Waals surface area contributed by atoms with Crippen LogP contribution in [0.3, 0.4) is 0 Å². The van der Waals surface area contributed by atoms with Gasteiger partial charge in [0.15, 0.2) is 0 Å². The van der Waals surface area contributed by atoms with Gasteiger partial charge in [-0.15, -0.1) is 0 Å². The van der Waals surface area contributed by atoms with E-state index in [0.717, 1.165) is 11.1 Å². The number of methoxy groups -OCH3 is 1. The van der Waals surface area contributed by atoms with Crippen molar-refractivity contribution < 1.29 is 30.6 Å². The summed E-state index contributed by atoms with van der Waals surface area (Å²) in [5.41, 5.74) is -0.729. The van der Waals surface area contributed by atoms with E-state index in [9.17, 15) is 21.6 Å². The molecule has 0 N–H and O–H groups in total. The largest absolute Gasteiger partial charge is 0.497 e. The highest BCUT2D eigenvalue weighted by molar-refractivity contribution is 7.94. The number of aryl methyl sites for hydroxylation is 2. The average molecular weight is 475 g/mol. The molecule has 1 unspecified atom stereocenters. The van der Waals surface area contributed by atoms with Crippen molar-refractivity contribution in [2.24, 2.45) is 0 Å². The van der Waals surface area contributed by atoms with Crippen LogP contribution in [0.1, 0.15) is 21.5 Å². The van der Waals surface area contributed by atoms with Crippen LogP contribution in [-0.4, -0.2) is 35.2 Å². The summed E-state index contributed by atoms with van der Waals surface area (Å²) >= 11 is 0. The first-order chi connectivity index (χ1) is 15.0. The summed E-state index contributed by atoms with van der Waals surface area (Å²) in [6.45, 7) is 3.55. The third-order valence-corrected chi connectivity index (χ3v) is 7.96. The summed E-state index contributed by atoms with van der Waals surface area (Å²) in [5, 5.41) is 0. The Kier molecular flexibility index (Phi) is 6.82. The Labute approximate surface area is 187 Å². The maximum absolute atomic E-state index is 13.3. The molecule has 3 aromatic rings. The van der Waals surface area contributed by atoms with E-state index in [-0.39, 0.29) is 15.4 Å². The number of hydrogen-bond acceptors (Lipinski definition) is 7. The normalized spacial score (nSPS) is 12.8. The second kappa shape index (κ2) is 9.23. The molecule has 0 bridgehead atoms. The maximum Gasteiger partial charge on any atom is 0.298 e. The molecule has 168 valence electrons. The van der Waals surface area contributed by atoms with Crippen molar-refractivity contribution >= 4 is 25.7 Å². The van der Waals surface area contributed by atoms with Crippen LogP contribution in [0.2, 0.25) is 0 Å². The predicted octanol–water partition coefficient (Wildman–Crippen LogP) is 3.70. The van der Waals surface area contributed by atoms with E-state index in [1.54, 1.807) is 38.1 Å². The zero-order valence-electron chi connectivity index (χ0n) is 17.7. The van der Waals surface area contributed by atoms with Gasteiger partial charge in [0.1, 0.15) is 5.75 Å². The molecular formula is C23H22O7S2. The van der Waals surface area contributed by atoms with Crippen molar-refractivity contribution in [1.82, 2.24) is 0 Å². The Morgan fingerprint density at radius 3 is 1.66 bits per heavy atom. The first-order valence-electron chi connectivity index (χ1n) is 9.53. The second-order valence-corrected chi connectivity index (χ2v) is 10.7. The molecule has 0 amide bonds. The van der Waals surface area contributed by atoms with Crippen molar-refractivity contribution in [3.63, 3.8) is 0 Å². The van der Waals surface area contributed by atoms with E-state index in [2.05, 4.69) is 0 Å². The summed E-state index contributed by atoms with van der Waals surface area (Å²) in [6, 6.07) is 17.0. The van der Waals surface area contributed by atoms with Crippen LogP contribution >= 0.6 is 0 Å². The van der Waals surface area contributed by atoms with Gasteiger partial charge in [-0.25, -0.2) is 12.6 Å². The number of benzene rings is 3. The molecule has 9 heteroatoms. The highest BCUT2D eigenvalue weighted by Crippen LogP contribution is 2.26. The van der Waals surface area contributed by atoms with E-state index in [1.165, 1.54) is 55.6 Å². The van der Waals surface area contributed by atoms with E-state index < -0.39 is 31.2 Å². The van der Waals surface area contributed by atoms with E-state index in [1.807, 2.05) is 0 Å². The highest BCUT2D eigenvalue weighted by atomic mass is 32.2. The Hall–Kier alpha value is -3.01. The van der Waals surface area contributed by atoms with Gasteiger partial charge in [-0.1, -0.05) is 35.4 Å². The lowest BCUT2D eigenvalue weighted by Gasteiger charge is -2.18. The third-order valence-electron chi connectivity index (χ3n) is 4.74. The molecule has 0 fully saturated rings. The molecule has 0 saturated heterocycles. The molecule has 7 nitrogen and oxygen atoms in total. The number of ketones is 1. The number of carbonyl (C=O) groups excluding carboxylic acids is 1. The van der Waals surface area contributed by atoms with Crippen LogP contribution in [0.25, 0.3) is 0 Å². The molecule has 0 aliphatic carbocycles. The molecule has 0 radical (unpaired) electrons. The summed E-state index contributed by atoms with van der Waals surface area (Å²) in [5.74, 6) is -0.559. The minimum atomic E-state index is -4.57. The zero-order chi connectivity index (χ0) is 23.5. The summed E-state index contributed by atoms with van der Waals surface area (Å²) < 4.78 is 62.5. The Bertz CT molecular complexity index is 1310. The van der Waals surface area contributed by atoms with Gasteiger partial charge in [-0.3, -0.25) is 4.79 Å². The van der Waals surface area contributed by atoms with Gasteiger partial charge in [0.2, 0.25) is 21.1 Å². The van der Waals surface area contributed by atoms with Crippen molar-refractivity contribution in [2.75, 3.05) is 7.11 Å². The summed E-state index contributed by atoms with van der Waals surface area (Å²) in [6.07, 6.45) is 0. The first-order valence-corrected chi connectivity index (χ1v) is 12.5. The van der Waals surface area contributed by atoms with Gasteiger partial charge in [-0.2, -0.15) is 8.42 Å². The van der Waals surface area contributed by atoms with E-state index in [4.69, 9.17) is 8.92 Å². The molecule has 0 saturated carbocycles. The molecule has 1 atom stereocenters. The maximum atomic E-state index is 13.3. The van der Waals surface area contributed by atoms with Crippen LogP contribution < -0.4 is 4.74 Å². The van der Waals surface area contributed by atoms with Crippen LogP contribution in [0, 0.1) is 13.8 Å². The first kappa shape index (κ1) is 23.6. The number of rotatable bonds is 8. The standard InChI is InChI=1S/C23H22O7S2/c1-16-4-12-20(13-5-16)31(25,26)23(22(24)18-8-10-19(29-3)11-9-18)30-32(27,28)21-14-6-17(2)7-15-21/h4-15,23H,1-3H3. The molecule has 3 rings (SSSR count).